The number of ether oxygens (including phenoxy) is 2. The zero-order chi connectivity index (χ0) is 55.9. The van der Waals surface area contributed by atoms with Gasteiger partial charge in [0.25, 0.3) is 0 Å². The molecule has 0 saturated heterocycles. The van der Waals surface area contributed by atoms with E-state index in [4.69, 9.17) is 24.3 Å². The Kier molecular flexibility index (Phi) is 58.3. The Labute approximate surface area is 472 Å². The summed E-state index contributed by atoms with van der Waals surface area (Å²) in [5.41, 5.74) is 5.39. The summed E-state index contributed by atoms with van der Waals surface area (Å²) in [7, 11) is -4.40. The first kappa shape index (κ1) is 73.2. The van der Waals surface area contributed by atoms with Gasteiger partial charge in [-0.25, -0.2) is 4.57 Å². The summed E-state index contributed by atoms with van der Waals surface area (Å²) in [5.74, 6) is -0.843. The van der Waals surface area contributed by atoms with E-state index in [1.807, 2.05) is 0 Å². The molecule has 0 aromatic heterocycles. The molecular formula is C67H112NO8P. The van der Waals surface area contributed by atoms with Crippen molar-refractivity contribution in [2.45, 2.75) is 251 Å². The van der Waals surface area contributed by atoms with Crippen molar-refractivity contribution >= 4 is 19.8 Å². The van der Waals surface area contributed by atoms with Crippen LogP contribution in [-0.4, -0.2) is 49.3 Å². The third-order valence-corrected chi connectivity index (χ3v) is 13.5. The summed E-state index contributed by atoms with van der Waals surface area (Å²) < 4.78 is 33.1. The van der Waals surface area contributed by atoms with Gasteiger partial charge in [-0.3, -0.25) is 18.6 Å². The number of unbranched alkanes of at least 4 members (excludes halogenated alkanes) is 21. The summed E-state index contributed by atoms with van der Waals surface area (Å²) in [6.45, 7) is 3.50. The smallest absolute Gasteiger partial charge is 0.462 e. The monoisotopic (exact) mass is 1090 g/mol. The van der Waals surface area contributed by atoms with Gasteiger partial charge in [-0.1, -0.05) is 257 Å². The van der Waals surface area contributed by atoms with Crippen molar-refractivity contribution in [1.82, 2.24) is 0 Å². The Morgan fingerprint density at radius 2 is 0.675 bits per heavy atom. The van der Waals surface area contributed by atoms with Crippen molar-refractivity contribution in [2.75, 3.05) is 26.4 Å². The molecular weight excluding hydrogens is 978 g/mol. The number of carbonyl (C=O) groups excluding carboxylic acids is 2. The van der Waals surface area contributed by atoms with Crippen LogP contribution in [0.4, 0.5) is 0 Å². The standard InChI is InChI=1S/C67H112NO8P/c1-3-5-7-9-11-13-15-17-19-21-23-25-26-27-28-29-30-31-32-33-34-35-36-37-38-40-42-44-46-48-50-52-54-56-58-60-67(70)76-65(64-75-77(71,72)74-62-61-68)63-73-66(69)59-57-55-53-51-49-47-45-43-41-39-24-22-20-18-16-14-12-10-8-6-4-2/h5-8,11-14,17-20,23-25,27-28,30-31,33-34,39,65H,3-4,9-10,15-16,21-22,26,29,32,35-38,40-64,68H2,1-2H3,(H,71,72)/b7-5-,8-6-,13-11-,14-12-,19-17-,20-18-,25-23-,28-27-,31-30-,34-33-,39-24-. The van der Waals surface area contributed by atoms with E-state index in [0.717, 1.165) is 122 Å². The van der Waals surface area contributed by atoms with Gasteiger partial charge in [-0.15, -0.1) is 0 Å². The normalized spacial score (nSPS) is 14.0. The number of hydrogen-bond acceptors (Lipinski definition) is 8. The van der Waals surface area contributed by atoms with Crippen molar-refractivity contribution in [3.63, 3.8) is 0 Å². The Morgan fingerprint density at radius 3 is 1.00 bits per heavy atom. The van der Waals surface area contributed by atoms with E-state index in [2.05, 4.69) is 148 Å². The molecule has 438 valence electrons. The Bertz CT molecular complexity index is 1720. The van der Waals surface area contributed by atoms with E-state index >= 15 is 0 Å². The molecule has 0 heterocycles. The first-order chi connectivity index (χ1) is 37.8. The fraction of sp³-hybridized carbons (Fsp3) is 0.642. The highest BCUT2D eigenvalue weighted by Gasteiger charge is 2.26. The molecule has 0 aliphatic heterocycles. The highest BCUT2D eigenvalue weighted by Crippen LogP contribution is 2.43. The number of phosphoric ester groups is 1. The van der Waals surface area contributed by atoms with Crippen LogP contribution in [0.1, 0.15) is 245 Å². The van der Waals surface area contributed by atoms with E-state index < -0.39 is 32.5 Å². The predicted molar refractivity (Wildman–Crippen MR) is 330 cm³/mol. The molecule has 0 radical (unpaired) electrons. The van der Waals surface area contributed by atoms with E-state index in [9.17, 15) is 19.0 Å². The number of rotatable bonds is 56. The summed E-state index contributed by atoms with van der Waals surface area (Å²) in [6, 6.07) is 0. The van der Waals surface area contributed by atoms with Crippen LogP contribution in [0.2, 0.25) is 0 Å². The molecule has 0 aromatic rings. The summed E-state index contributed by atoms with van der Waals surface area (Å²) >= 11 is 0. The van der Waals surface area contributed by atoms with Crippen molar-refractivity contribution < 1.29 is 37.6 Å². The fourth-order valence-corrected chi connectivity index (χ4v) is 8.84. The van der Waals surface area contributed by atoms with Crippen molar-refractivity contribution in [1.29, 1.82) is 0 Å². The van der Waals surface area contributed by atoms with Crippen LogP contribution in [-0.2, 0) is 32.7 Å². The van der Waals surface area contributed by atoms with Gasteiger partial charge in [-0.2, -0.15) is 0 Å². The van der Waals surface area contributed by atoms with Gasteiger partial charge in [0.1, 0.15) is 6.61 Å². The number of hydrogen-bond donors (Lipinski definition) is 2. The molecule has 0 bridgehead atoms. The van der Waals surface area contributed by atoms with Crippen molar-refractivity contribution in [2.24, 2.45) is 5.73 Å². The second-order valence-corrected chi connectivity index (χ2v) is 21.3. The molecule has 9 nitrogen and oxygen atoms in total. The number of esters is 2. The molecule has 0 aliphatic rings. The highest BCUT2D eigenvalue weighted by molar-refractivity contribution is 7.47. The van der Waals surface area contributed by atoms with Gasteiger partial charge in [0.2, 0.25) is 0 Å². The second kappa shape index (κ2) is 61.4. The Hall–Kier alpha value is -3.85. The SMILES string of the molecule is CC/C=C\C/C=C\C/C=C\C/C=C\C/C=C\C/C=C\C/C=C\CCCCCCCCCCCCCCCC(=O)OC(COC(=O)CCCCCCCCCC/C=C\C/C=C\C/C=C\C/C=C\CC)COP(=O)(O)OCCN. The molecule has 77 heavy (non-hydrogen) atoms. The van der Waals surface area contributed by atoms with Crippen LogP contribution >= 0.6 is 7.82 Å². The molecule has 0 rings (SSSR count). The van der Waals surface area contributed by atoms with Crippen LogP contribution in [0.3, 0.4) is 0 Å². The molecule has 2 unspecified atom stereocenters. The average molecular weight is 1090 g/mol. The molecule has 0 aromatic carbocycles. The molecule has 0 spiro atoms. The molecule has 0 amide bonds. The maximum atomic E-state index is 12.7. The lowest BCUT2D eigenvalue weighted by molar-refractivity contribution is -0.161. The lowest BCUT2D eigenvalue weighted by Gasteiger charge is -2.19. The van der Waals surface area contributed by atoms with Gasteiger partial charge in [0.05, 0.1) is 13.2 Å². The van der Waals surface area contributed by atoms with E-state index in [0.29, 0.717) is 6.42 Å². The topological polar surface area (TPSA) is 134 Å². The minimum atomic E-state index is -4.40. The molecule has 2 atom stereocenters. The largest absolute Gasteiger partial charge is 0.472 e. The maximum absolute atomic E-state index is 12.7. The average Bonchev–Trinajstić information content (AvgIpc) is 3.42. The van der Waals surface area contributed by atoms with E-state index in [1.165, 1.54) is 89.9 Å². The highest BCUT2D eigenvalue weighted by atomic mass is 31.2. The van der Waals surface area contributed by atoms with Crippen molar-refractivity contribution in [3.8, 4) is 0 Å². The van der Waals surface area contributed by atoms with E-state index in [1.54, 1.807) is 0 Å². The quantitative estimate of drug-likeness (QED) is 0.0264. The lowest BCUT2D eigenvalue weighted by atomic mass is 10.0. The Morgan fingerprint density at radius 1 is 0.390 bits per heavy atom. The van der Waals surface area contributed by atoms with Crippen LogP contribution in [0.25, 0.3) is 0 Å². The van der Waals surface area contributed by atoms with Crippen LogP contribution < -0.4 is 5.73 Å². The number of carbonyl (C=O) groups is 2. The fourth-order valence-electron chi connectivity index (χ4n) is 8.08. The molecule has 3 N–H and O–H groups in total. The Balaban J connectivity index is 3.97. The third kappa shape index (κ3) is 61.2. The van der Waals surface area contributed by atoms with Gasteiger partial charge < -0.3 is 20.1 Å². The zero-order valence-electron chi connectivity index (χ0n) is 48.9. The lowest BCUT2D eigenvalue weighted by Crippen LogP contribution is -2.29. The predicted octanol–water partition coefficient (Wildman–Crippen LogP) is 19.7. The van der Waals surface area contributed by atoms with Crippen LogP contribution in [0, 0.1) is 0 Å². The van der Waals surface area contributed by atoms with Gasteiger partial charge >= 0.3 is 19.8 Å². The molecule has 0 fully saturated rings. The van der Waals surface area contributed by atoms with Crippen LogP contribution in [0.5, 0.6) is 0 Å². The summed E-state index contributed by atoms with van der Waals surface area (Å²) in [4.78, 5) is 35.2. The summed E-state index contributed by atoms with van der Waals surface area (Å²) in [5, 5.41) is 0. The number of nitrogens with two attached hydrogens (primary N) is 1. The summed E-state index contributed by atoms with van der Waals surface area (Å²) in [6.07, 6.45) is 86.5. The minimum absolute atomic E-state index is 0.0461. The first-order valence-corrected chi connectivity index (χ1v) is 32.2. The molecule has 0 saturated carbocycles. The zero-order valence-corrected chi connectivity index (χ0v) is 49.8. The van der Waals surface area contributed by atoms with Gasteiger partial charge in [0.15, 0.2) is 6.10 Å². The third-order valence-electron chi connectivity index (χ3n) is 12.5. The van der Waals surface area contributed by atoms with Crippen LogP contribution in [0.15, 0.2) is 134 Å². The minimum Gasteiger partial charge on any atom is -0.462 e. The number of allylic oxidation sites excluding steroid dienone is 22. The number of phosphoric acid groups is 1. The van der Waals surface area contributed by atoms with Gasteiger partial charge in [-0.05, 0) is 109 Å². The molecule has 0 aliphatic carbocycles. The van der Waals surface area contributed by atoms with E-state index in [-0.39, 0.29) is 32.6 Å². The van der Waals surface area contributed by atoms with Gasteiger partial charge in [0, 0.05) is 19.4 Å². The second-order valence-electron chi connectivity index (χ2n) is 19.8. The first-order valence-electron chi connectivity index (χ1n) is 30.7. The maximum Gasteiger partial charge on any atom is 0.472 e. The molecule has 10 heteroatoms. The van der Waals surface area contributed by atoms with Crippen molar-refractivity contribution in [3.05, 3.63) is 134 Å².